The zero-order valence-corrected chi connectivity index (χ0v) is 12.9. The second kappa shape index (κ2) is 5.53. The van der Waals surface area contributed by atoms with Crippen molar-refractivity contribution in [2.75, 3.05) is 32.0 Å². The molecular weight excluding hydrogens is 260 g/mol. The number of para-hydroxylation sites is 2. The van der Waals surface area contributed by atoms with Gasteiger partial charge in [0.25, 0.3) is 0 Å². The van der Waals surface area contributed by atoms with Crippen molar-refractivity contribution in [2.45, 2.75) is 31.8 Å². The van der Waals surface area contributed by atoms with Gasteiger partial charge in [-0.25, -0.2) is 0 Å². The number of hydrogen-bond donors (Lipinski definition) is 1. The average Bonchev–Trinajstić information content (AvgIpc) is 3.09. The van der Waals surface area contributed by atoms with E-state index in [4.69, 9.17) is 4.74 Å². The summed E-state index contributed by atoms with van der Waals surface area (Å²) in [5.74, 6) is 4.01. The maximum atomic E-state index is 6.12. The monoisotopic (exact) mass is 286 g/mol. The van der Waals surface area contributed by atoms with Crippen LogP contribution in [0.1, 0.15) is 25.7 Å². The molecule has 3 heteroatoms. The van der Waals surface area contributed by atoms with Crippen LogP contribution in [-0.4, -0.2) is 37.7 Å². The summed E-state index contributed by atoms with van der Waals surface area (Å²) in [7, 11) is 2.26. The standard InChI is InChI=1S/C18H26N2O/c1-20(11-15-9-13-6-7-14(15)8-13)12-16-10-19-17-4-2-3-5-18(17)21-16/h2-5,13-16,19H,6-12H2,1H3. The number of hydrogen-bond acceptors (Lipinski definition) is 3. The minimum atomic E-state index is 0.267. The summed E-state index contributed by atoms with van der Waals surface area (Å²) in [5.41, 5.74) is 1.13. The fourth-order valence-electron chi connectivity index (χ4n) is 4.68. The first-order valence-corrected chi connectivity index (χ1v) is 8.46. The van der Waals surface area contributed by atoms with Crippen molar-refractivity contribution in [1.29, 1.82) is 0 Å². The molecule has 3 aliphatic rings. The zero-order chi connectivity index (χ0) is 14.2. The summed E-state index contributed by atoms with van der Waals surface area (Å²) in [6, 6.07) is 8.24. The lowest BCUT2D eigenvalue weighted by Crippen LogP contribution is -2.42. The number of fused-ring (bicyclic) bond motifs is 3. The van der Waals surface area contributed by atoms with Gasteiger partial charge in [0.15, 0.2) is 0 Å². The normalized spacial score (nSPS) is 33.6. The van der Waals surface area contributed by atoms with Gasteiger partial charge >= 0.3 is 0 Å². The molecule has 21 heavy (non-hydrogen) atoms. The molecule has 4 atom stereocenters. The first-order chi connectivity index (χ1) is 10.3. The summed E-state index contributed by atoms with van der Waals surface area (Å²) in [6.45, 7) is 3.19. The third-order valence-electron chi connectivity index (χ3n) is 5.65. The van der Waals surface area contributed by atoms with E-state index in [0.717, 1.165) is 42.3 Å². The Morgan fingerprint density at radius 1 is 1.19 bits per heavy atom. The molecule has 1 aromatic rings. The molecule has 1 N–H and O–H groups in total. The molecule has 0 spiro atoms. The van der Waals surface area contributed by atoms with Gasteiger partial charge < -0.3 is 15.0 Å². The topological polar surface area (TPSA) is 24.5 Å². The van der Waals surface area contributed by atoms with Crippen molar-refractivity contribution in [3.05, 3.63) is 24.3 Å². The van der Waals surface area contributed by atoms with Crippen molar-refractivity contribution in [3.63, 3.8) is 0 Å². The fourth-order valence-corrected chi connectivity index (χ4v) is 4.68. The number of anilines is 1. The zero-order valence-electron chi connectivity index (χ0n) is 12.9. The van der Waals surface area contributed by atoms with E-state index >= 15 is 0 Å². The summed E-state index contributed by atoms with van der Waals surface area (Å²) in [5, 5.41) is 3.49. The molecule has 4 rings (SSSR count). The van der Waals surface area contributed by atoms with E-state index in [1.807, 2.05) is 6.07 Å². The lowest BCUT2D eigenvalue weighted by atomic mass is 9.88. The molecule has 2 aliphatic carbocycles. The number of nitrogens with one attached hydrogen (secondary N) is 1. The third kappa shape index (κ3) is 2.76. The maximum Gasteiger partial charge on any atom is 0.142 e. The Kier molecular flexibility index (Phi) is 3.54. The largest absolute Gasteiger partial charge is 0.485 e. The fraction of sp³-hybridized carbons (Fsp3) is 0.667. The Bertz CT molecular complexity index is 504. The van der Waals surface area contributed by atoms with Crippen LogP contribution < -0.4 is 10.1 Å². The average molecular weight is 286 g/mol. The highest BCUT2D eigenvalue weighted by Gasteiger charge is 2.39. The van der Waals surface area contributed by atoms with Crippen molar-refractivity contribution < 1.29 is 4.74 Å². The first kappa shape index (κ1) is 13.4. The summed E-state index contributed by atoms with van der Waals surface area (Å²) < 4.78 is 6.12. The van der Waals surface area contributed by atoms with E-state index in [1.165, 1.54) is 32.2 Å². The lowest BCUT2D eigenvalue weighted by Gasteiger charge is -2.32. The third-order valence-corrected chi connectivity index (χ3v) is 5.65. The summed E-state index contributed by atoms with van der Waals surface area (Å²) >= 11 is 0. The van der Waals surface area contributed by atoms with Gasteiger partial charge in [0, 0.05) is 13.1 Å². The number of nitrogens with zero attached hydrogens (tertiary/aromatic N) is 1. The molecule has 0 amide bonds. The highest BCUT2D eigenvalue weighted by Crippen LogP contribution is 2.48. The smallest absolute Gasteiger partial charge is 0.142 e. The molecule has 0 radical (unpaired) electrons. The molecule has 1 heterocycles. The molecule has 4 unspecified atom stereocenters. The number of ether oxygens (including phenoxy) is 1. The van der Waals surface area contributed by atoms with Crippen molar-refractivity contribution >= 4 is 5.69 Å². The molecule has 0 aromatic heterocycles. The minimum absolute atomic E-state index is 0.267. The summed E-state index contributed by atoms with van der Waals surface area (Å²) in [4.78, 5) is 2.49. The molecular formula is C18H26N2O. The van der Waals surface area contributed by atoms with Crippen LogP contribution in [0.5, 0.6) is 5.75 Å². The maximum absolute atomic E-state index is 6.12. The highest BCUT2D eigenvalue weighted by atomic mass is 16.5. The second-order valence-electron chi connectivity index (χ2n) is 7.27. The van der Waals surface area contributed by atoms with Crippen molar-refractivity contribution in [2.24, 2.45) is 17.8 Å². The second-order valence-corrected chi connectivity index (χ2v) is 7.27. The molecule has 1 aromatic carbocycles. The molecule has 1 aliphatic heterocycles. The molecule has 2 fully saturated rings. The minimum Gasteiger partial charge on any atom is -0.485 e. The highest BCUT2D eigenvalue weighted by molar-refractivity contribution is 5.57. The number of rotatable bonds is 4. The van der Waals surface area contributed by atoms with Gasteiger partial charge in [0.2, 0.25) is 0 Å². The number of likely N-dealkylation sites (N-methyl/N-ethyl adjacent to an activating group) is 1. The van der Waals surface area contributed by atoms with Crippen LogP contribution in [0.2, 0.25) is 0 Å². The Hall–Kier alpha value is -1.22. The van der Waals surface area contributed by atoms with Gasteiger partial charge in [-0.3, -0.25) is 0 Å². The SMILES string of the molecule is CN(CC1CNc2ccccc2O1)CC1CC2CCC1C2. The van der Waals surface area contributed by atoms with E-state index in [2.05, 4.69) is 35.5 Å². The van der Waals surface area contributed by atoms with E-state index in [1.54, 1.807) is 0 Å². The van der Waals surface area contributed by atoms with Gasteiger partial charge in [-0.05, 0) is 56.2 Å². The summed E-state index contributed by atoms with van der Waals surface area (Å²) in [6.07, 6.45) is 6.23. The van der Waals surface area contributed by atoms with E-state index in [-0.39, 0.29) is 6.10 Å². The van der Waals surface area contributed by atoms with E-state index in [9.17, 15) is 0 Å². The van der Waals surface area contributed by atoms with Gasteiger partial charge in [0.05, 0.1) is 12.2 Å². The van der Waals surface area contributed by atoms with E-state index < -0.39 is 0 Å². The van der Waals surface area contributed by atoms with Crippen molar-refractivity contribution in [3.8, 4) is 5.75 Å². The van der Waals surface area contributed by atoms with Gasteiger partial charge in [-0.1, -0.05) is 18.6 Å². The van der Waals surface area contributed by atoms with Crippen LogP contribution in [0.3, 0.4) is 0 Å². The van der Waals surface area contributed by atoms with E-state index in [0.29, 0.717) is 0 Å². The Morgan fingerprint density at radius 2 is 2.10 bits per heavy atom. The van der Waals surface area contributed by atoms with Crippen LogP contribution in [0, 0.1) is 17.8 Å². The van der Waals surface area contributed by atoms with Crippen LogP contribution in [-0.2, 0) is 0 Å². The molecule has 2 bridgehead atoms. The molecule has 114 valence electrons. The van der Waals surface area contributed by atoms with Crippen LogP contribution >= 0.6 is 0 Å². The van der Waals surface area contributed by atoms with Crippen LogP contribution in [0.4, 0.5) is 5.69 Å². The Morgan fingerprint density at radius 3 is 2.90 bits per heavy atom. The Balaban J connectivity index is 1.30. The molecule has 3 nitrogen and oxygen atoms in total. The quantitative estimate of drug-likeness (QED) is 0.919. The Labute approximate surface area is 127 Å². The lowest BCUT2D eigenvalue weighted by molar-refractivity contribution is 0.131. The van der Waals surface area contributed by atoms with Crippen LogP contribution in [0.25, 0.3) is 0 Å². The first-order valence-electron chi connectivity index (χ1n) is 8.46. The molecule has 2 saturated carbocycles. The van der Waals surface area contributed by atoms with Gasteiger partial charge in [-0.2, -0.15) is 0 Å². The van der Waals surface area contributed by atoms with Gasteiger partial charge in [0.1, 0.15) is 11.9 Å². The van der Waals surface area contributed by atoms with Crippen molar-refractivity contribution in [1.82, 2.24) is 4.90 Å². The van der Waals surface area contributed by atoms with Crippen LogP contribution in [0.15, 0.2) is 24.3 Å². The van der Waals surface area contributed by atoms with Gasteiger partial charge in [-0.15, -0.1) is 0 Å². The predicted octanol–water partition coefficient (Wildman–Crippen LogP) is 3.23. The number of benzene rings is 1. The predicted molar refractivity (Wildman–Crippen MR) is 85.8 cm³/mol. The molecule has 0 saturated heterocycles.